The van der Waals surface area contributed by atoms with Gasteiger partial charge in [-0.1, -0.05) is 56.1 Å². The second-order valence-corrected chi connectivity index (χ2v) is 8.31. The number of ether oxygens (including phenoxy) is 2. The molecule has 0 unspecified atom stereocenters. The molecule has 0 saturated heterocycles. The van der Waals surface area contributed by atoms with Gasteiger partial charge >= 0.3 is 12.4 Å². The van der Waals surface area contributed by atoms with E-state index in [4.69, 9.17) is 9.47 Å². The second-order valence-electron chi connectivity index (χ2n) is 6.60. The largest absolute Gasteiger partial charge is 0.488 e. The van der Waals surface area contributed by atoms with Crippen LogP contribution in [0.4, 0.5) is 26.3 Å². The Bertz CT molecular complexity index is 1010. The number of para-hydroxylation sites is 2. The summed E-state index contributed by atoms with van der Waals surface area (Å²) in [5.41, 5.74) is -0.700. The zero-order valence-corrected chi connectivity index (χ0v) is 19.2. The molecule has 2 nitrogen and oxygen atoms in total. The van der Waals surface area contributed by atoms with Crippen molar-refractivity contribution >= 4 is 31.9 Å². The maximum Gasteiger partial charge on any atom is 0.419 e. The first-order chi connectivity index (χ1) is 15.0. The van der Waals surface area contributed by atoms with Crippen LogP contribution in [0.15, 0.2) is 69.6 Å². The van der Waals surface area contributed by atoms with Gasteiger partial charge in [-0.3, -0.25) is 0 Å². The zero-order chi connectivity index (χ0) is 23.5. The van der Waals surface area contributed by atoms with Crippen molar-refractivity contribution in [1.82, 2.24) is 0 Å². The third kappa shape index (κ3) is 5.98. The topological polar surface area (TPSA) is 18.5 Å². The molecule has 0 radical (unpaired) electrons. The third-order valence-electron chi connectivity index (χ3n) is 4.37. The summed E-state index contributed by atoms with van der Waals surface area (Å²) in [4.78, 5) is 0. The van der Waals surface area contributed by atoms with E-state index in [2.05, 4.69) is 31.9 Å². The van der Waals surface area contributed by atoms with E-state index >= 15 is 0 Å². The molecule has 0 heterocycles. The predicted octanol–water partition coefficient (Wildman–Crippen LogP) is 8.41. The van der Waals surface area contributed by atoms with Crippen molar-refractivity contribution in [1.29, 1.82) is 0 Å². The van der Waals surface area contributed by atoms with Crippen LogP contribution in [0.2, 0.25) is 0 Å². The minimum absolute atomic E-state index is 0.162. The summed E-state index contributed by atoms with van der Waals surface area (Å²) in [7, 11) is 0. The molecule has 0 aliphatic carbocycles. The van der Waals surface area contributed by atoms with Crippen molar-refractivity contribution in [3.05, 3.63) is 91.9 Å². The van der Waals surface area contributed by atoms with E-state index in [1.54, 1.807) is 12.1 Å². The second kappa shape index (κ2) is 9.74. The summed E-state index contributed by atoms with van der Waals surface area (Å²) in [5, 5.41) is 0. The van der Waals surface area contributed by atoms with Crippen molar-refractivity contribution in [2.45, 2.75) is 25.6 Å². The van der Waals surface area contributed by atoms with Crippen molar-refractivity contribution in [3.63, 3.8) is 0 Å². The van der Waals surface area contributed by atoms with Crippen molar-refractivity contribution in [2.24, 2.45) is 0 Å². The Morgan fingerprint density at radius 3 is 1.28 bits per heavy atom. The van der Waals surface area contributed by atoms with E-state index in [0.29, 0.717) is 20.1 Å². The smallest absolute Gasteiger partial charge is 0.419 e. The lowest BCUT2D eigenvalue weighted by Crippen LogP contribution is -2.09. The molecule has 0 amide bonds. The molecule has 0 aromatic heterocycles. The maximum absolute atomic E-state index is 13.1. The fourth-order valence-corrected chi connectivity index (χ4v) is 3.83. The molecule has 0 spiro atoms. The van der Waals surface area contributed by atoms with Crippen LogP contribution in [0.5, 0.6) is 11.5 Å². The SMILES string of the molecule is FC(F)(F)c1ccccc1OCc1cc(Br)c(COc2ccccc2C(F)(F)F)cc1Br. The minimum atomic E-state index is -4.55. The van der Waals surface area contributed by atoms with Crippen molar-refractivity contribution in [3.8, 4) is 11.5 Å². The molecule has 0 saturated carbocycles. The van der Waals surface area contributed by atoms with Crippen LogP contribution in [0.25, 0.3) is 0 Å². The summed E-state index contributed by atoms with van der Waals surface area (Å²) in [6, 6.07) is 13.0. The quantitative estimate of drug-likeness (QED) is 0.271. The zero-order valence-electron chi connectivity index (χ0n) is 16.0. The van der Waals surface area contributed by atoms with Crippen LogP contribution in [-0.4, -0.2) is 0 Å². The molecular formula is C22H14Br2F6O2. The number of hydrogen-bond acceptors (Lipinski definition) is 2. The van der Waals surface area contributed by atoms with Crippen LogP contribution in [0.3, 0.4) is 0 Å². The van der Waals surface area contributed by atoms with Crippen LogP contribution < -0.4 is 9.47 Å². The summed E-state index contributed by atoms with van der Waals surface area (Å²) in [6.07, 6.45) is -9.11. The lowest BCUT2D eigenvalue weighted by Gasteiger charge is -2.16. The maximum atomic E-state index is 13.1. The first kappa shape index (κ1) is 24.4. The minimum Gasteiger partial charge on any atom is -0.488 e. The molecule has 3 rings (SSSR count). The van der Waals surface area contributed by atoms with E-state index < -0.39 is 23.5 Å². The van der Waals surface area contributed by atoms with Crippen LogP contribution in [-0.2, 0) is 25.6 Å². The first-order valence-corrected chi connectivity index (χ1v) is 10.6. The fourth-order valence-electron chi connectivity index (χ4n) is 2.81. The first-order valence-electron chi connectivity index (χ1n) is 9.01. The molecule has 0 aliphatic heterocycles. The summed E-state index contributed by atoms with van der Waals surface area (Å²) >= 11 is 6.65. The van der Waals surface area contributed by atoms with E-state index in [1.807, 2.05) is 0 Å². The monoisotopic (exact) mass is 582 g/mol. The van der Waals surface area contributed by atoms with Crippen LogP contribution >= 0.6 is 31.9 Å². The van der Waals surface area contributed by atoms with Crippen LogP contribution in [0.1, 0.15) is 22.3 Å². The predicted molar refractivity (Wildman–Crippen MR) is 113 cm³/mol. The molecule has 170 valence electrons. The number of halogens is 8. The molecule has 3 aromatic carbocycles. The van der Waals surface area contributed by atoms with Crippen LogP contribution in [0, 0.1) is 0 Å². The molecule has 32 heavy (non-hydrogen) atoms. The Morgan fingerprint density at radius 1 is 0.594 bits per heavy atom. The number of benzene rings is 3. The lowest BCUT2D eigenvalue weighted by atomic mass is 10.1. The van der Waals surface area contributed by atoms with Gasteiger partial charge in [0.05, 0.1) is 11.1 Å². The molecule has 0 atom stereocenters. The fraction of sp³-hybridized carbons (Fsp3) is 0.182. The van der Waals surface area contributed by atoms with E-state index in [0.717, 1.165) is 12.1 Å². The van der Waals surface area contributed by atoms with Gasteiger partial charge in [-0.2, -0.15) is 26.3 Å². The van der Waals surface area contributed by atoms with Gasteiger partial charge in [0.1, 0.15) is 24.7 Å². The van der Waals surface area contributed by atoms with E-state index in [-0.39, 0.29) is 24.7 Å². The summed E-state index contributed by atoms with van der Waals surface area (Å²) in [5.74, 6) is -0.613. The lowest BCUT2D eigenvalue weighted by molar-refractivity contribution is -0.139. The molecule has 0 fully saturated rings. The third-order valence-corrected chi connectivity index (χ3v) is 5.84. The van der Waals surface area contributed by atoms with Crippen molar-refractivity contribution < 1.29 is 35.8 Å². The Kier molecular flexibility index (Phi) is 7.44. The highest BCUT2D eigenvalue weighted by Gasteiger charge is 2.35. The Labute approximate surface area is 196 Å². The number of alkyl halides is 6. The van der Waals surface area contributed by atoms with E-state index in [9.17, 15) is 26.3 Å². The highest BCUT2D eigenvalue weighted by molar-refractivity contribution is 9.11. The molecule has 10 heteroatoms. The standard InChI is InChI=1S/C22H14Br2F6O2/c23-17-10-14(12-32-20-8-4-2-6-16(20)22(28,29)30)18(24)9-13(17)11-31-19-7-3-1-5-15(19)21(25,26)27/h1-10H,11-12H2. The molecule has 3 aromatic rings. The normalized spacial score (nSPS) is 12.0. The van der Waals surface area contributed by atoms with Crippen molar-refractivity contribution in [2.75, 3.05) is 0 Å². The van der Waals surface area contributed by atoms with Gasteiger partial charge in [-0.05, 0) is 36.4 Å². The Balaban J connectivity index is 1.75. The summed E-state index contributed by atoms with van der Waals surface area (Å²) < 4.78 is 90.5. The summed E-state index contributed by atoms with van der Waals surface area (Å²) in [6.45, 7) is -0.325. The molecular weight excluding hydrogens is 570 g/mol. The molecule has 0 aliphatic rings. The highest BCUT2D eigenvalue weighted by atomic mass is 79.9. The van der Waals surface area contributed by atoms with Gasteiger partial charge < -0.3 is 9.47 Å². The molecule has 0 N–H and O–H groups in total. The molecule has 0 bridgehead atoms. The van der Waals surface area contributed by atoms with Gasteiger partial charge in [0.2, 0.25) is 0 Å². The Hall–Kier alpha value is -2.20. The van der Waals surface area contributed by atoms with Gasteiger partial charge in [0, 0.05) is 20.1 Å². The number of rotatable bonds is 6. The van der Waals surface area contributed by atoms with Gasteiger partial charge in [-0.25, -0.2) is 0 Å². The van der Waals surface area contributed by atoms with Gasteiger partial charge in [0.25, 0.3) is 0 Å². The van der Waals surface area contributed by atoms with Gasteiger partial charge in [-0.15, -0.1) is 0 Å². The average Bonchev–Trinajstić information content (AvgIpc) is 2.72. The van der Waals surface area contributed by atoms with E-state index in [1.165, 1.54) is 36.4 Å². The average molecular weight is 584 g/mol. The highest BCUT2D eigenvalue weighted by Crippen LogP contribution is 2.38. The van der Waals surface area contributed by atoms with Gasteiger partial charge in [0.15, 0.2) is 0 Å². The Morgan fingerprint density at radius 2 is 0.938 bits per heavy atom. The number of hydrogen-bond donors (Lipinski definition) is 0.